The fraction of sp³-hybridized carbons (Fsp3) is 0.720. The van der Waals surface area contributed by atoms with Gasteiger partial charge in [0.1, 0.15) is 0 Å². The van der Waals surface area contributed by atoms with Gasteiger partial charge in [0.05, 0.1) is 19.3 Å². The Bertz CT molecular complexity index is 680. The molecule has 0 amide bonds. The van der Waals surface area contributed by atoms with Gasteiger partial charge in [-0.3, -0.25) is 4.90 Å². The van der Waals surface area contributed by atoms with Gasteiger partial charge in [-0.1, -0.05) is 30.7 Å². The normalized spacial score (nSPS) is 19.4. The second-order valence-corrected chi connectivity index (χ2v) is 9.35. The van der Waals surface area contributed by atoms with Crippen molar-refractivity contribution in [2.75, 3.05) is 39.4 Å². The zero-order valence-corrected chi connectivity index (χ0v) is 19.8. The van der Waals surface area contributed by atoms with Crippen LogP contribution in [0.2, 0.25) is 0 Å². The molecule has 1 aromatic rings. The summed E-state index contributed by atoms with van der Waals surface area (Å²) in [6.07, 6.45) is 6.30. The molecule has 2 aliphatic heterocycles. The van der Waals surface area contributed by atoms with E-state index in [0.717, 1.165) is 45.1 Å². The first-order chi connectivity index (χ1) is 15.1. The van der Waals surface area contributed by atoms with Crippen molar-refractivity contribution in [3.05, 3.63) is 35.4 Å². The van der Waals surface area contributed by atoms with E-state index in [-0.39, 0.29) is 5.54 Å². The highest BCUT2D eigenvalue weighted by atomic mass is 16.5. The number of aliphatic imine (C=N–C) groups is 1. The summed E-state index contributed by atoms with van der Waals surface area (Å²) < 4.78 is 11.5. The fourth-order valence-electron chi connectivity index (χ4n) is 4.30. The largest absolute Gasteiger partial charge is 0.381 e. The third-order valence-electron chi connectivity index (χ3n) is 6.31. The fourth-order valence-corrected chi connectivity index (χ4v) is 4.30. The molecule has 0 bridgehead atoms. The number of hydrogen-bond acceptors (Lipinski definition) is 4. The molecule has 2 aliphatic rings. The zero-order valence-electron chi connectivity index (χ0n) is 19.8. The number of guanidine groups is 1. The van der Waals surface area contributed by atoms with Gasteiger partial charge < -0.3 is 20.1 Å². The van der Waals surface area contributed by atoms with Crippen molar-refractivity contribution >= 4 is 5.96 Å². The smallest absolute Gasteiger partial charge is 0.191 e. The first-order valence-corrected chi connectivity index (χ1v) is 12.1. The molecular weight excluding hydrogens is 388 g/mol. The van der Waals surface area contributed by atoms with Crippen molar-refractivity contribution in [1.82, 2.24) is 15.5 Å². The van der Waals surface area contributed by atoms with Crippen LogP contribution in [0.3, 0.4) is 0 Å². The minimum Gasteiger partial charge on any atom is -0.381 e. The minimum atomic E-state index is 0.123. The van der Waals surface area contributed by atoms with Crippen LogP contribution in [0, 0.1) is 0 Å². The van der Waals surface area contributed by atoms with Crippen LogP contribution in [-0.2, 0) is 22.6 Å². The molecule has 2 fully saturated rings. The second-order valence-electron chi connectivity index (χ2n) is 9.35. The van der Waals surface area contributed by atoms with Gasteiger partial charge in [-0.25, -0.2) is 4.99 Å². The van der Waals surface area contributed by atoms with Crippen LogP contribution in [0.5, 0.6) is 0 Å². The SMILES string of the molecule is CCNC(=NCc1cccc(COC2CCOCC2)c1)NCC(C)(C)N1CCCCC1. The van der Waals surface area contributed by atoms with Gasteiger partial charge in [-0.05, 0) is 70.7 Å². The topological polar surface area (TPSA) is 58.1 Å². The van der Waals surface area contributed by atoms with E-state index >= 15 is 0 Å². The van der Waals surface area contributed by atoms with Crippen LogP contribution in [-0.4, -0.2) is 61.9 Å². The number of hydrogen-bond donors (Lipinski definition) is 2. The van der Waals surface area contributed by atoms with E-state index in [1.54, 1.807) is 0 Å². The summed E-state index contributed by atoms with van der Waals surface area (Å²) in [5.74, 6) is 0.886. The summed E-state index contributed by atoms with van der Waals surface area (Å²) in [6, 6.07) is 8.59. The number of ether oxygens (including phenoxy) is 2. The van der Waals surface area contributed by atoms with E-state index < -0.39 is 0 Å². The van der Waals surface area contributed by atoms with Crippen molar-refractivity contribution < 1.29 is 9.47 Å². The highest BCUT2D eigenvalue weighted by molar-refractivity contribution is 5.79. The molecule has 3 rings (SSSR count). The maximum atomic E-state index is 6.08. The quantitative estimate of drug-likeness (QED) is 0.462. The van der Waals surface area contributed by atoms with Crippen LogP contribution in [0.15, 0.2) is 29.3 Å². The van der Waals surface area contributed by atoms with E-state index in [1.165, 1.54) is 43.5 Å². The molecule has 174 valence electrons. The Balaban J connectivity index is 1.51. The van der Waals surface area contributed by atoms with Gasteiger partial charge in [-0.2, -0.15) is 0 Å². The highest BCUT2D eigenvalue weighted by Crippen LogP contribution is 2.20. The van der Waals surface area contributed by atoms with Gasteiger partial charge in [-0.15, -0.1) is 0 Å². The lowest BCUT2D eigenvalue weighted by Gasteiger charge is -2.41. The summed E-state index contributed by atoms with van der Waals surface area (Å²) in [5.41, 5.74) is 2.54. The van der Waals surface area contributed by atoms with Crippen LogP contribution in [0.1, 0.15) is 64.0 Å². The Kier molecular flexibility index (Phi) is 9.62. The second kappa shape index (κ2) is 12.4. The van der Waals surface area contributed by atoms with Gasteiger partial charge in [0.2, 0.25) is 0 Å². The summed E-state index contributed by atoms with van der Waals surface area (Å²) in [5, 5.41) is 6.97. The monoisotopic (exact) mass is 430 g/mol. The standard InChI is InChI=1S/C25H42N4O2/c1-4-26-24(28-20-25(2,3)29-13-6-5-7-14-29)27-18-21-9-8-10-22(17-21)19-31-23-11-15-30-16-12-23/h8-10,17,23H,4-7,11-16,18-20H2,1-3H3,(H2,26,27,28). The Morgan fingerprint density at radius 2 is 1.87 bits per heavy atom. The predicted molar refractivity (Wildman–Crippen MR) is 127 cm³/mol. The van der Waals surface area contributed by atoms with E-state index in [9.17, 15) is 0 Å². The molecule has 6 nitrogen and oxygen atoms in total. The number of nitrogens with one attached hydrogen (secondary N) is 2. The zero-order chi connectivity index (χ0) is 21.9. The number of piperidine rings is 1. The molecule has 2 saturated heterocycles. The average Bonchev–Trinajstić information content (AvgIpc) is 2.81. The molecule has 31 heavy (non-hydrogen) atoms. The van der Waals surface area contributed by atoms with E-state index in [0.29, 0.717) is 19.3 Å². The molecule has 0 saturated carbocycles. The molecule has 0 radical (unpaired) electrons. The molecule has 0 spiro atoms. The average molecular weight is 431 g/mol. The molecule has 0 atom stereocenters. The molecule has 0 aromatic heterocycles. The summed E-state index contributed by atoms with van der Waals surface area (Å²) in [6.45, 7) is 13.9. The Morgan fingerprint density at radius 1 is 1.13 bits per heavy atom. The first kappa shape index (κ1) is 24.0. The maximum Gasteiger partial charge on any atom is 0.191 e. The van der Waals surface area contributed by atoms with Crippen LogP contribution >= 0.6 is 0 Å². The Hall–Kier alpha value is -1.63. The molecular formula is C25H42N4O2. The number of nitrogens with zero attached hydrogens (tertiary/aromatic N) is 2. The summed E-state index contributed by atoms with van der Waals surface area (Å²) >= 11 is 0. The maximum absolute atomic E-state index is 6.08. The lowest BCUT2D eigenvalue weighted by Crippen LogP contribution is -2.54. The van der Waals surface area contributed by atoms with Crippen LogP contribution in [0.4, 0.5) is 0 Å². The van der Waals surface area contributed by atoms with E-state index in [1.807, 2.05) is 0 Å². The number of likely N-dealkylation sites (tertiary alicyclic amines) is 1. The summed E-state index contributed by atoms with van der Waals surface area (Å²) in [7, 11) is 0. The molecule has 1 aromatic carbocycles. The van der Waals surface area contributed by atoms with Crippen molar-refractivity contribution in [2.45, 2.75) is 77.7 Å². The minimum absolute atomic E-state index is 0.123. The lowest BCUT2D eigenvalue weighted by molar-refractivity contribution is -0.0390. The van der Waals surface area contributed by atoms with Crippen LogP contribution < -0.4 is 10.6 Å². The molecule has 2 heterocycles. The highest BCUT2D eigenvalue weighted by Gasteiger charge is 2.27. The Morgan fingerprint density at radius 3 is 2.61 bits per heavy atom. The van der Waals surface area contributed by atoms with Crippen LogP contribution in [0.25, 0.3) is 0 Å². The Labute approximate surface area is 188 Å². The van der Waals surface area contributed by atoms with Crippen molar-refractivity contribution in [3.8, 4) is 0 Å². The predicted octanol–water partition coefficient (Wildman–Crippen LogP) is 3.70. The van der Waals surface area contributed by atoms with E-state index in [4.69, 9.17) is 14.5 Å². The van der Waals surface area contributed by atoms with Crippen molar-refractivity contribution in [2.24, 2.45) is 4.99 Å². The van der Waals surface area contributed by atoms with Gasteiger partial charge in [0.15, 0.2) is 5.96 Å². The van der Waals surface area contributed by atoms with Gasteiger partial charge in [0, 0.05) is 31.8 Å². The van der Waals surface area contributed by atoms with Crippen molar-refractivity contribution in [3.63, 3.8) is 0 Å². The molecule has 2 N–H and O–H groups in total. The first-order valence-electron chi connectivity index (χ1n) is 12.1. The van der Waals surface area contributed by atoms with E-state index in [2.05, 4.69) is 60.6 Å². The number of rotatable bonds is 9. The third-order valence-corrected chi connectivity index (χ3v) is 6.31. The van der Waals surface area contributed by atoms with Gasteiger partial charge in [0.25, 0.3) is 0 Å². The van der Waals surface area contributed by atoms with Gasteiger partial charge >= 0.3 is 0 Å². The number of benzene rings is 1. The lowest BCUT2D eigenvalue weighted by atomic mass is 9.98. The molecule has 0 aliphatic carbocycles. The van der Waals surface area contributed by atoms with Crippen molar-refractivity contribution in [1.29, 1.82) is 0 Å². The molecule has 0 unspecified atom stereocenters. The summed E-state index contributed by atoms with van der Waals surface area (Å²) in [4.78, 5) is 7.45. The molecule has 6 heteroatoms. The third kappa shape index (κ3) is 8.09.